The maximum Gasteiger partial charge on any atom is 0.335 e. The molecule has 0 bridgehead atoms. The van der Waals surface area contributed by atoms with Gasteiger partial charge >= 0.3 is 5.22 Å². The van der Waals surface area contributed by atoms with Crippen LogP contribution in [0, 0.1) is 5.92 Å². The van der Waals surface area contributed by atoms with E-state index in [1.807, 2.05) is 13.8 Å². The lowest BCUT2D eigenvalue weighted by molar-refractivity contribution is 0.341. The fraction of sp³-hybridized carbons (Fsp3) is 0.385. The summed E-state index contributed by atoms with van der Waals surface area (Å²) in [6, 6.07) is 4.23. The van der Waals surface area contributed by atoms with Crippen molar-refractivity contribution in [2.45, 2.75) is 30.9 Å². The molecule has 0 spiro atoms. The molecular formula is C13H15Cl2N3O3S. The summed E-state index contributed by atoms with van der Waals surface area (Å²) in [5.74, 6) is -0.308. The van der Waals surface area contributed by atoms with Crippen molar-refractivity contribution in [1.29, 1.82) is 0 Å². The van der Waals surface area contributed by atoms with Crippen LogP contribution in [0.5, 0.6) is 0 Å². The second kappa shape index (κ2) is 6.54. The van der Waals surface area contributed by atoms with Crippen molar-refractivity contribution in [2.24, 2.45) is 11.7 Å². The zero-order valence-corrected chi connectivity index (χ0v) is 14.3. The van der Waals surface area contributed by atoms with E-state index in [1.165, 1.54) is 0 Å². The molecule has 0 saturated heterocycles. The van der Waals surface area contributed by atoms with Crippen molar-refractivity contribution in [3.63, 3.8) is 0 Å². The quantitative estimate of drug-likeness (QED) is 0.876. The largest absolute Gasteiger partial charge is 0.411 e. The molecule has 22 heavy (non-hydrogen) atoms. The summed E-state index contributed by atoms with van der Waals surface area (Å²) < 4.78 is 29.9. The second-order valence-corrected chi connectivity index (χ2v) is 7.82. The minimum atomic E-state index is -3.86. The summed E-state index contributed by atoms with van der Waals surface area (Å²) in [7, 11) is -3.86. The molecule has 1 aromatic carbocycles. The van der Waals surface area contributed by atoms with Gasteiger partial charge in [0.25, 0.3) is 0 Å². The Bertz CT molecular complexity index is 754. The first kappa shape index (κ1) is 17.2. The van der Waals surface area contributed by atoms with E-state index in [-0.39, 0.29) is 21.9 Å². The van der Waals surface area contributed by atoms with Gasteiger partial charge in [0, 0.05) is 15.6 Å². The minimum Gasteiger partial charge on any atom is -0.411 e. The molecule has 1 atom stereocenters. The fourth-order valence-corrected chi connectivity index (χ4v) is 3.57. The number of hydrogen-bond acceptors (Lipinski definition) is 6. The Hall–Kier alpha value is -1.15. The molecule has 0 aliphatic rings. The molecule has 0 saturated carbocycles. The first-order valence-electron chi connectivity index (χ1n) is 6.47. The van der Waals surface area contributed by atoms with Gasteiger partial charge in [-0.05, 0) is 18.1 Å². The SMILES string of the molecule is CC(C)[C@H](N)c1nnc(S(=O)(=O)Cc2c(Cl)cccc2Cl)o1. The van der Waals surface area contributed by atoms with Crippen LogP contribution in [-0.2, 0) is 15.6 Å². The van der Waals surface area contributed by atoms with E-state index in [1.54, 1.807) is 18.2 Å². The van der Waals surface area contributed by atoms with Gasteiger partial charge in [-0.1, -0.05) is 48.2 Å². The molecule has 0 radical (unpaired) electrons. The lowest BCUT2D eigenvalue weighted by Gasteiger charge is -2.09. The molecule has 0 aliphatic heterocycles. The Balaban J connectivity index is 2.32. The Labute approximate surface area is 138 Å². The summed E-state index contributed by atoms with van der Waals surface area (Å²) in [6.45, 7) is 3.74. The van der Waals surface area contributed by atoms with Crippen molar-refractivity contribution in [1.82, 2.24) is 10.2 Å². The van der Waals surface area contributed by atoms with Gasteiger partial charge in [0.2, 0.25) is 15.7 Å². The average molecular weight is 364 g/mol. The molecule has 1 heterocycles. The third kappa shape index (κ3) is 3.60. The third-order valence-corrected chi connectivity index (χ3v) is 5.16. The van der Waals surface area contributed by atoms with Crippen molar-refractivity contribution < 1.29 is 12.8 Å². The van der Waals surface area contributed by atoms with Crippen molar-refractivity contribution >= 4 is 33.0 Å². The molecule has 0 aliphatic carbocycles. The number of nitrogens with two attached hydrogens (primary N) is 1. The standard InChI is InChI=1S/C13H15Cl2N3O3S/c1-7(2)11(16)12-17-18-13(21-12)22(19,20)6-8-9(14)4-3-5-10(8)15/h3-5,7,11H,6,16H2,1-2H3/t11-/m0/s1. The Morgan fingerprint density at radius 1 is 1.23 bits per heavy atom. The van der Waals surface area contributed by atoms with Gasteiger partial charge in [-0.15, -0.1) is 5.10 Å². The van der Waals surface area contributed by atoms with E-state index in [4.69, 9.17) is 33.4 Å². The van der Waals surface area contributed by atoms with E-state index in [2.05, 4.69) is 10.2 Å². The molecule has 120 valence electrons. The van der Waals surface area contributed by atoms with Crippen molar-refractivity contribution in [3.05, 3.63) is 39.7 Å². The van der Waals surface area contributed by atoms with Crippen LogP contribution in [0.1, 0.15) is 31.3 Å². The zero-order chi connectivity index (χ0) is 16.5. The highest BCUT2D eigenvalue weighted by Gasteiger charge is 2.27. The molecule has 2 N–H and O–H groups in total. The lowest BCUT2D eigenvalue weighted by Crippen LogP contribution is -2.17. The van der Waals surface area contributed by atoms with Crippen LogP contribution >= 0.6 is 23.2 Å². The van der Waals surface area contributed by atoms with Crippen LogP contribution in [0.3, 0.4) is 0 Å². The average Bonchev–Trinajstić information content (AvgIpc) is 2.92. The van der Waals surface area contributed by atoms with E-state index < -0.39 is 26.9 Å². The topological polar surface area (TPSA) is 99.1 Å². The van der Waals surface area contributed by atoms with Crippen LogP contribution in [0.15, 0.2) is 27.8 Å². The third-order valence-electron chi connectivity index (χ3n) is 3.09. The molecule has 2 aromatic rings. The van der Waals surface area contributed by atoms with Gasteiger partial charge in [0.1, 0.15) is 0 Å². The van der Waals surface area contributed by atoms with Crippen LogP contribution in [0.2, 0.25) is 10.0 Å². The molecule has 9 heteroatoms. The summed E-state index contributed by atoms with van der Waals surface area (Å²) in [4.78, 5) is 0. The number of benzene rings is 1. The molecule has 1 aromatic heterocycles. The van der Waals surface area contributed by atoms with E-state index in [0.29, 0.717) is 5.56 Å². The Morgan fingerprint density at radius 3 is 2.36 bits per heavy atom. The number of aromatic nitrogens is 2. The number of rotatable bonds is 5. The van der Waals surface area contributed by atoms with Crippen molar-refractivity contribution in [2.75, 3.05) is 0 Å². The lowest BCUT2D eigenvalue weighted by atomic mass is 10.1. The van der Waals surface area contributed by atoms with Gasteiger partial charge in [-0.3, -0.25) is 0 Å². The Kier molecular flexibility index (Phi) is 5.11. The highest BCUT2D eigenvalue weighted by molar-refractivity contribution is 7.90. The molecule has 6 nitrogen and oxygen atoms in total. The maximum absolute atomic E-state index is 12.4. The predicted molar refractivity (Wildman–Crippen MR) is 83.4 cm³/mol. The van der Waals surface area contributed by atoms with Crippen LogP contribution in [0.25, 0.3) is 0 Å². The number of sulfone groups is 1. The fourth-order valence-electron chi connectivity index (χ4n) is 1.69. The van der Waals surface area contributed by atoms with Crippen LogP contribution in [0.4, 0.5) is 0 Å². The summed E-state index contributed by atoms with van der Waals surface area (Å²) >= 11 is 12.0. The maximum atomic E-state index is 12.4. The van der Waals surface area contributed by atoms with E-state index >= 15 is 0 Å². The van der Waals surface area contributed by atoms with Gasteiger partial charge in [0.15, 0.2) is 0 Å². The molecule has 0 unspecified atom stereocenters. The number of nitrogens with zero attached hydrogens (tertiary/aromatic N) is 2. The molecular weight excluding hydrogens is 349 g/mol. The summed E-state index contributed by atoms with van der Waals surface area (Å²) in [5, 5.41) is 7.31. The summed E-state index contributed by atoms with van der Waals surface area (Å²) in [6.07, 6.45) is 0. The van der Waals surface area contributed by atoms with Gasteiger partial charge < -0.3 is 10.2 Å². The molecule has 0 fully saturated rings. The van der Waals surface area contributed by atoms with Crippen molar-refractivity contribution in [3.8, 4) is 0 Å². The molecule has 0 amide bonds. The second-order valence-electron chi connectivity index (χ2n) is 5.14. The summed E-state index contributed by atoms with van der Waals surface area (Å²) in [5.41, 5.74) is 6.15. The number of hydrogen-bond donors (Lipinski definition) is 1. The van der Waals surface area contributed by atoms with Crippen LogP contribution in [-0.4, -0.2) is 18.6 Å². The van der Waals surface area contributed by atoms with Gasteiger partial charge in [-0.25, -0.2) is 8.42 Å². The van der Waals surface area contributed by atoms with Gasteiger partial charge in [-0.2, -0.15) is 0 Å². The highest BCUT2D eigenvalue weighted by Crippen LogP contribution is 2.28. The smallest absolute Gasteiger partial charge is 0.335 e. The highest BCUT2D eigenvalue weighted by atomic mass is 35.5. The minimum absolute atomic E-state index is 0.0361. The monoisotopic (exact) mass is 363 g/mol. The van der Waals surface area contributed by atoms with Crippen LogP contribution < -0.4 is 5.73 Å². The zero-order valence-electron chi connectivity index (χ0n) is 12.0. The van der Waals surface area contributed by atoms with Gasteiger partial charge in [0.05, 0.1) is 11.8 Å². The number of halogens is 2. The van der Waals surface area contributed by atoms with E-state index in [9.17, 15) is 8.42 Å². The first-order chi connectivity index (χ1) is 10.2. The predicted octanol–water partition coefficient (Wildman–Crippen LogP) is 3.01. The normalized spacial score (nSPS) is 13.5. The molecule has 2 rings (SSSR count). The van der Waals surface area contributed by atoms with E-state index in [0.717, 1.165) is 0 Å². The first-order valence-corrected chi connectivity index (χ1v) is 8.88. The Morgan fingerprint density at radius 2 is 1.82 bits per heavy atom.